The molecule has 0 unspecified atom stereocenters. The average Bonchev–Trinajstić information content (AvgIpc) is 1.89. The van der Waals surface area contributed by atoms with Crippen molar-refractivity contribution in [3.8, 4) is 0 Å². The van der Waals surface area contributed by atoms with Crippen LogP contribution in [0.3, 0.4) is 0 Å². The molecule has 0 spiro atoms. The lowest BCUT2D eigenvalue weighted by Gasteiger charge is -2.03. The second kappa shape index (κ2) is 9.48. The summed E-state index contributed by atoms with van der Waals surface area (Å²) >= 11 is 0. The molecule has 0 fully saturated rings. The van der Waals surface area contributed by atoms with Gasteiger partial charge in [0.25, 0.3) is 0 Å². The minimum absolute atomic E-state index is 0.257. The smallest absolute Gasteiger partial charge is 0.314 e. The van der Waals surface area contributed by atoms with E-state index in [1.54, 1.807) is 0 Å². The number of nitrogens with two attached hydrogens (primary N) is 1. The monoisotopic (exact) mass is 166 g/mol. The van der Waals surface area contributed by atoms with Crippen LogP contribution < -0.4 is 5.73 Å². The SMILES string of the molecule is CN(C)CCO.NCC(=O)F. The molecule has 0 bridgehead atoms. The van der Waals surface area contributed by atoms with Crippen LogP contribution in [0.25, 0.3) is 0 Å². The first-order chi connectivity index (χ1) is 5.04. The average molecular weight is 166 g/mol. The summed E-state index contributed by atoms with van der Waals surface area (Å²) in [6, 6.07) is -1.47. The zero-order valence-electron chi connectivity index (χ0n) is 6.88. The Balaban J connectivity index is 0. The fraction of sp³-hybridized carbons (Fsp3) is 0.833. The third-order valence-electron chi connectivity index (χ3n) is 0.708. The Morgan fingerprint density at radius 2 is 2.00 bits per heavy atom. The number of hydrogen-bond donors (Lipinski definition) is 2. The van der Waals surface area contributed by atoms with Crippen LogP contribution in [0.1, 0.15) is 0 Å². The van der Waals surface area contributed by atoms with E-state index in [0.717, 1.165) is 6.54 Å². The van der Waals surface area contributed by atoms with E-state index < -0.39 is 12.6 Å². The molecule has 0 aromatic carbocycles. The van der Waals surface area contributed by atoms with E-state index in [2.05, 4.69) is 5.73 Å². The van der Waals surface area contributed by atoms with Crippen LogP contribution in [0.2, 0.25) is 0 Å². The summed E-state index contributed by atoms with van der Waals surface area (Å²) in [6.07, 6.45) is 0. The molecule has 0 atom stereocenters. The van der Waals surface area contributed by atoms with E-state index in [4.69, 9.17) is 9.90 Å². The lowest BCUT2D eigenvalue weighted by atomic mass is 10.6. The Hall–Kier alpha value is -0.520. The van der Waals surface area contributed by atoms with Gasteiger partial charge in [0.2, 0.25) is 0 Å². The first kappa shape index (κ1) is 13.1. The molecule has 0 saturated carbocycles. The molecule has 3 N–H and O–H groups in total. The molecule has 68 valence electrons. The van der Waals surface area contributed by atoms with Gasteiger partial charge in [0, 0.05) is 6.54 Å². The van der Waals surface area contributed by atoms with E-state index in [1.807, 2.05) is 19.0 Å². The van der Waals surface area contributed by atoms with Gasteiger partial charge in [-0.2, -0.15) is 4.39 Å². The maximum atomic E-state index is 10.7. The van der Waals surface area contributed by atoms with E-state index in [1.165, 1.54) is 0 Å². The molecule has 0 radical (unpaired) electrons. The van der Waals surface area contributed by atoms with Crippen LogP contribution in [0, 0.1) is 0 Å². The lowest BCUT2D eigenvalue weighted by Crippen LogP contribution is -2.15. The summed E-state index contributed by atoms with van der Waals surface area (Å²) in [4.78, 5) is 11.0. The second-order valence-electron chi connectivity index (χ2n) is 2.09. The van der Waals surface area contributed by atoms with Crippen LogP contribution in [-0.4, -0.2) is 49.8 Å². The third kappa shape index (κ3) is 26.4. The summed E-state index contributed by atoms with van der Waals surface area (Å²) in [7, 11) is 3.85. The maximum absolute atomic E-state index is 10.7. The highest BCUT2D eigenvalue weighted by Gasteiger charge is 1.84. The highest BCUT2D eigenvalue weighted by Crippen LogP contribution is 1.66. The molecular weight excluding hydrogens is 151 g/mol. The Morgan fingerprint density at radius 3 is 2.00 bits per heavy atom. The molecule has 0 aromatic heterocycles. The first-order valence-electron chi connectivity index (χ1n) is 3.18. The van der Waals surface area contributed by atoms with Crippen molar-refractivity contribution < 1.29 is 14.3 Å². The molecule has 0 aliphatic carbocycles. The van der Waals surface area contributed by atoms with Gasteiger partial charge in [0.1, 0.15) is 0 Å². The van der Waals surface area contributed by atoms with Gasteiger partial charge in [-0.3, -0.25) is 4.79 Å². The van der Waals surface area contributed by atoms with Crippen molar-refractivity contribution >= 4 is 6.04 Å². The Morgan fingerprint density at radius 1 is 1.64 bits per heavy atom. The molecule has 0 aliphatic heterocycles. The predicted octanol–water partition coefficient (Wildman–Crippen LogP) is -1.02. The molecule has 0 aromatic rings. The Kier molecular flexibility index (Phi) is 11.3. The number of carbonyl (C=O) groups is 1. The molecule has 0 amide bonds. The van der Waals surface area contributed by atoms with Crippen molar-refractivity contribution in [2.45, 2.75) is 0 Å². The van der Waals surface area contributed by atoms with Gasteiger partial charge < -0.3 is 15.7 Å². The number of aliphatic hydroxyl groups is 1. The van der Waals surface area contributed by atoms with Crippen molar-refractivity contribution in [3.63, 3.8) is 0 Å². The van der Waals surface area contributed by atoms with E-state index in [9.17, 15) is 4.39 Å². The van der Waals surface area contributed by atoms with Gasteiger partial charge in [-0.15, -0.1) is 0 Å². The summed E-state index contributed by atoms with van der Waals surface area (Å²) in [5, 5.41) is 8.20. The molecule has 0 heterocycles. The maximum Gasteiger partial charge on any atom is 0.314 e. The highest BCUT2D eigenvalue weighted by atomic mass is 19.1. The Bertz CT molecular complexity index is 98.6. The minimum Gasteiger partial charge on any atom is -0.395 e. The molecule has 11 heavy (non-hydrogen) atoms. The number of carbonyl (C=O) groups excluding carboxylic acids is 1. The molecule has 5 heteroatoms. The van der Waals surface area contributed by atoms with Gasteiger partial charge in [-0.05, 0) is 14.1 Å². The fourth-order valence-electron chi connectivity index (χ4n) is 0.200. The molecule has 0 saturated heterocycles. The summed E-state index contributed by atoms with van der Waals surface area (Å²) in [5.74, 6) is 0. The zero-order valence-corrected chi connectivity index (χ0v) is 6.88. The largest absolute Gasteiger partial charge is 0.395 e. The fourth-order valence-corrected chi connectivity index (χ4v) is 0.200. The standard InChI is InChI=1S/C4H11NO.C2H4FNO/c1-5(2)3-4-6;3-2(5)1-4/h6H,3-4H2,1-2H3;1,4H2. The number of nitrogens with zero attached hydrogens (tertiary/aromatic N) is 1. The highest BCUT2D eigenvalue weighted by molar-refractivity contribution is 5.69. The molecule has 0 rings (SSSR count). The van der Waals surface area contributed by atoms with E-state index in [-0.39, 0.29) is 6.61 Å². The van der Waals surface area contributed by atoms with Crippen molar-refractivity contribution in [1.29, 1.82) is 0 Å². The molecule has 4 nitrogen and oxygen atoms in total. The van der Waals surface area contributed by atoms with Crippen LogP contribution in [0.4, 0.5) is 4.39 Å². The van der Waals surface area contributed by atoms with Crippen LogP contribution in [0.5, 0.6) is 0 Å². The normalized spacial score (nSPS) is 8.91. The van der Waals surface area contributed by atoms with Gasteiger partial charge in [-0.25, -0.2) is 0 Å². The van der Waals surface area contributed by atoms with Gasteiger partial charge in [0.15, 0.2) is 0 Å². The van der Waals surface area contributed by atoms with Gasteiger partial charge >= 0.3 is 6.04 Å². The third-order valence-corrected chi connectivity index (χ3v) is 0.708. The summed E-state index contributed by atoms with van der Waals surface area (Å²) in [6.45, 7) is 0.521. The van der Waals surface area contributed by atoms with Crippen LogP contribution in [-0.2, 0) is 4.79 Å². The minimum atomic E-state index is -1.47. The van der Waals surface area contributed by atoms with E-state index >= 15 is 0 Å². The van der Waals surface area contributed by atoms with Gasteiger partial charge in [-0.1, -0.05) is 0 Å². The zero-order chi connectivity index (χ0) is 9.28. The van der Waals surface area contributed by atoms with Crippen molar-refractivity contribution in [2.24, 2.45) is 5.73 Å². The van der Waals surface area contributed by atoms with Gasteiger partial charge in [0.05, 0.1) is 13.2 Å². The predicted molar refractivity (Wildman–Crippen MR) is 40.8 cm³/mol. The summed E-state index contributed by atoms with van der Waals surface area (Å²) < 4.78 is 10.7. The van der Waals surface area contributed by atoms with Crippen LogP contribution >= 0.6 is 0 Å². The summed E-state index contributed by atoms with van der Waals surface area (Å²) in [5.41, 5.74) is 4.45. The van der Waals surface area contributed by atoms with Crippen molar-refractivity contribution in [1.82, 2.24) is 4.90 Å². The molecular formula is C6H15FN2O2. The topological polar surface area (TPSA) is 66.6 Å². The number of hydrogen-bond acceptors (Lipinski definition) is 4. The number of halogens is 1. The quantitative estimate of drug-likeness (QED) is 0.527. The van der Waals surface area contributed by atoms with Crippen molar-refractivity contribution in [3.05, 3.63) is 0 Å². The lowest BCUT2D eigenvalue weighted by molar-refractivity contribution is -0.127. The van der Waals surface area contributed by atoms with Crippen LogP contribution in [0.15, 0.2) is 0 Å². The molecule has 0 aliphatic rings. The van der Waals surface area contributed by atoms with Crippen molar-refractivity contribution in [2.75, 3.05) is 33.8 Å². The van der Waals surface area contributed by atoms with E-state index in [0.29, 0.717) is 0 Å². The number of aliphatic hydroxyl groups excluding tert-OH is 1. The second-order valence-corrected chi connectivity index (χ2v) is 2.09. The first-order valence-corrected chi connectivity index (χ1v) is 3.18. The number of rotatable bonds is 3. The Labute approximate surface area is 65.8 Å². The number of likely N-dealkylation sites (N-methyl/N-ethyl adjacent to an activating group) is 1.